The van der Waals surface area contributed by atoms with E-state index in [1.165, 1.54) is 6.07 Å². The van der Waals surface area contributed by atoms with Gasteiger partial charge >= 0.3 is 0 Å². The Bertz CT molecular complexity index is 582. The van der Waals surface area contributed by atoms with Crippen molar-refractivity contribution in [1.29, 1.82) is 0 Å². The molecule has 0 aliphatic carbocycles. The van der Waals surface area contributed by atoms with Crippen LogP contribution in [-0.2, 0) is 0 Å². The van der Waals surface area contributed by atoms with Gasteiger partial charge in [0.2, 0.25) is 0 Å². The van der Waals surface area contributed by atoms with Crippen molar-refractivity contribution in [3.05, 3.63) is 48.3 Å². The lowest BCUT2D eigenvalue weighted by Gasteiger charge is -2.25. The van der Waals surface area contributed by atoms with Gasteiger partial charge in [-0.05, 0) is 30.7 Å². The maximum absolute atomic E-state index is 13.7. The molecule has 0 spiro atoms. The summed E-state index contributed by atoms with van der Waals surface area (Å²) in [4.78, 5) is 0. The van der Waals surface area contributed by atoms with Crippen molar-refractivity contribution in [2.45, 2.75) is 13.0 Å². The second-order valence-electron chi connectivity index (χ2n) is 4.50. The van der Waals surface area contributed by atoms with Crippen molar-refractivity contribution in [3.8, 4) is 16.9 Å². The van der Waals surface area contributed by atoms with E-state index in [1.54, 1.807) is 12.1 Å². The predicted molar refractivity (Wildman–Crippen MR) is 70.4 cm³/mol. The Morgan fingerprint density at radius 2 is 2.06 bits per heavy atom. The number of halogens is 1. The molecule has 0 aromatic heterocycles. The zero-order valence-corrected chi connectivity index (χ0v) is 10.1. The Hall–Kier alpha value is -2.03. The third kappa shape index (κ3) is 1.92. The molecule has 3 heteroatoms. The number of rotatable bonds is 1. The smallest absolute Gasteiger partial charge is 0.142 e. The number of ether oxygens (including phenoxy) is 1. The molecule has 1 atom stereocenters. The molecule has 3 rings (SSSR count). The number of fused-ring (bicyclic) bond motifs is 1. The lowest BCUT2D eigenvalue weighted by atomic mass is 10.0. The Kier molecular flexibility index (Phi) is 2.67. The lowest BCUT2D eigenvalue weighted by Crippen LogP contribution is -2.27. The van der Waals surface area contributed by atoms with E-state index in [0.717, 1.165) is 23.5 Å². The molecule has 0 bridgehead atoms. The van der Waals surface area contributed by atoms with Crippen LogP contribution in [0.5, 0.6) is 5.75 Å². The number of benzene rings is 2. The zero-order chi connectivity index (χ0) is 12.5. The topological polar surface area (TPSA) is 21.3 Å². The second-order valence-corrected chi connectivity index (χ2v) is 4.50. The van der Waals surface area contributed by atoms with Gasteiger partial charge < -0.3 is 10.1 Å². The molecular weight excluding hydrogens is 229 g/mol. The normalized spacial score (nSPS) is 17.6. The number of hydrogen-bond acceptors (Lipinski definition) is 2. The first kappa shape index (κ1) is 11.1. The number of nitrogens with one attached hydrogen (secondary N) is 1. The molecule has 0 fully saturated rings. The van der Waals surface area contributed by atoms with Gasteiger partial charge in [-0.15, -0.1) is 0 Å². The fraction of sp³-hybridized carbons (Fsp3) is 0.200. The Labute approximate surface area is 105 Å². The molecule has 1 aliphatic rings. The monoisotopic (exact) mass is 243 g/mol. The van der Waals surface area contributed by atoms with Crippen LogP contribution < -0.4 is 10.1 Å². The van der Waals surface area contributed by atoms with Gasteiger partial charge in [0, 0.05) is 5.56 Å². The maximum atomic E-state index is 13.7. The largest absolute Gasteiger partial charge is 0.487 e. The molecule has 0 saturated heterocycles. The quantitative estimate of drug-likeness (QED) is 0.824. The molecule has 1 heterocycles. The van der Waals surface area contributed by atoms with E-state index in [4.69, 9.17) is 4.74 Å². The SMILES string of the molecule is CC1CNc2cc(-c3ccccc3F)ccc2O1. The molecule has 0 radical (unpaired) electrons. The molecule has 92 valence electrons. The summed E-state index contributed by atoms with van der Waals surface area (Å²) in [5.74, 6) is 0.622. The molecule has 2 aromatic rings. The summed E-state index contributed by atoms with van der Waals surface area (Å²) in [6.07, 6.45) is 0.164. The standard InChI is InChI=1S/C15H14FNO/c1-10-9-17-14-8-11(6-7-15(14)18-10)12-4-2-3-5-13(12)16/h2-8,10,17H,9H2,1H3. The van der Waals surface area contributed by atoms with Crippen LogP contribution in [0.25, 0.3) is 11.1 Å². The minimum atomic E-state index is -0.206. The second kappa shape index (κ2) is 4.33. The third-order valence-electron chi connectivity index (χ3n) is 3.07. The van der Waals surface area contributed by atoms with E-state index in [0.29, 0.717) is 5.56 Å². The van der Waals surface area contributed by atoms with Crippen molar-refractivity contribution in [2.75, 3.05) is 11.9 Å². The highest BCUT2D eigenvalue weighted by atomic mass is 19.1. The van der Waals surface area contributed by atoms with Gasteiger partial charge in [-0.1, -0.05) is 24.3 Å². The van der Waals surface area contributed by atoms with Crippen molar-refractivity contribution in [2.24, 2.45) is 0 Å². The molecule has 2 nitrogen and oxygen atoms in total. The summed E-state index contributed by atoms with van der Waals surface area (Å²) in [5, 5.41) is 3.29. The van der Waals surface area contributed by atoms with Gasteiger partial charge in [0.1, 0.15) is 17.7 Å². The highest BCUT2D eigenvalue weighted by Gasteiger charge is 2.16. The van der Waals surface area contributed by atoms with Crippen LogP contribution in [-0.4, -0.2) is 12.6 Å². The van der Waals surface area contributed by atoms with Crippen LogP contribution in [0.3, 0.4) is 0 Å². The van der Waals surface area contributed by atoms with Gasteiger partial charge in [-0.2, -0.15) is 0 Å². The number of hydrogen-bond donors (Lipinski definition) is 1. The zero-order valence-electron chi connectivity index (χ0n) is 10.1. The highest BCUT2D eigenvalue weighted by molar-refractivity contribution is 5.72. The first-order chi connectivity index (χ1) is 8.74. The van der Waals surface area contributed by atoms with E-state index < -0.39 is 0 Å². The van der Waals surface area contributed by atoms with E-state index >= 15 is 0 Å². The lowest BCUT2D eigenvalue weighted by molar-refractivity contribution is 0.226. The van der Waals surface area contributed by atoms with Gasteiger partial charge in [-0.3, -0.25) is 0 Å². The average Bonchev–Trinajstić information content (AvgIpc) is 2.39. The predicted octanol–water partition coefficient (Wildman–Crippen LogP) is 3.69. The van der Waals surface area contributed by atoms with E-state index in [2.05, 4.69) is 5.32 Å². The summed E-state index contributed by atoms with van der Waals surface area (Å²) >= 11 is 0. The van der Waals surface area contributed by atoms with E-state index in [-0.39, 0.29) is 11.9 Å². The molecule has 1 unspecified atom stereocenters. The molecule has 1 aliphatic heterocycles. The van der Waals surface area contributed by atoms with Crippen LogP contribution >= 0.6 is 0 Å². The minimum Gasteiger partial charge on any atom is -0.487 e. The van der Waals surface area contributed by atoms with Crippen molar-refractivity contribution < 1.29 is 9.13 Å². The van der Waals surface area contributed by atoms with Crippen molar-refractivity contribution in [1.82, 2.24) is 0 Å². The first-order valence-corrected chi connectivity index (χ1v) is 6.03. The summed E-state index contributed by atoms with van der Waals surface area (Å²) in [7, 11) is 0. The van der Waals surface area contributed by atoms with Gasteiger partial charge in [-0.25, -0.2) is 4.39 Å². The summed E-state index contributed by atoms with van der Waals surface area (Å²) in [5.41, 5.74) is 2.40. The fourth-order valence-corrected chi connectivity index (χ4v) is 2.15. The molecule has 1 N–H and O–H groups in total. The van der Waals surface area contributed by atoms with Crippen molar-refractivity contribution in [3.63, 3.8) is 0 Å². The van der Waals surface area contributed by atoms with Gasteiger partial charge in [0.25, 0.3) is 0 Å². The molecule has 0 saturated carbocycles. The molecule has 0 amide bonds. The summed E-state index contributed by atoms with van der Waals surface area (Å²) in [6, 6.07) is 12.5. The summed E-state index contributed by atoms with van der Waals surface area (Å²) < 4.78 is 19.4. The van der Waals surface area contributed by atoms with Gasteiger partial charge in [0.05, 0.1) is 12.2 Å². The molecule has 18 heavy (non-hydrogen) atoms. The summed E-state index contributed by atoms with van der Waals surface area (Å²) in [6.45, 7) is 2.79. The fourth-order valence-electron chi connectivity index (χ4n) is 2.15. The van der Waals surface area contributed by atoms with Crippen molar-refractivity contribution >= 4 is 5.69 Å². The highest BCUT2D eigenvalue weighted by Crippen LogP contribution is 2.34. The Morgan fingerprint density at radius 1 is 1.22 bits per heavy atom. The van der Waals surface area contributed by atoms with Crippen LogP contribution in [0.2, 0.25) is 0 Å². The average molecular weight is 243 g/mol. The van der Waals surface area contributed by atoms with Crippen LogP contribution in [0, 0.1) is 5.82 Å². The maximum Gasteiger partial charge on any atom is 0.142 e. The Balaban J connectivity index is 2.03. The van der Waals surface area contributed by atoms with Crippen LogP contribution in [0.4, 0.5) is 10.1 Å². The van der Waals surface area contributed by atoms with E-state index in [9.17, 15) is 4.39 Å². The van der Waals surface area contributed by atoms with E-state index in [1.807, 2.05) is 31.2 Å². The molecule has 2 aromatic carbocycles. The minimum absolute atomic E-state index is 0.164. The Morgan fingerprint density at radius 3 is 2.89 bits per heavy atom. The number of anilines is 1. The van der Waals surface area contributed by atoms with Crippen LogP contribution in [0.15, 0.2) is 42.5 Å². The molecular formula is C15H14FNO. The van der Waals surface area contributed by atoms with Crippen LogP contribution in [0.1, 0.15) is 6.92 Å². The third-order valence-corrected chi connectivity index (χ3v) is 3.07. The first-order valence-electron chi connectivity index (χ1n) is 6.03. The van der Waals surface area contributed by atoms with Gasteiger partial charge in [0.15, 0.2) is 0 Å².